The van der Waals surface area contributed by atoms with E-state index in [1.807, 2.05) is 19.2 Å². The number of pyridine rings is 1. The Morgan fingerprint density at radius 1 is 1.00 bits per heavy atom. The van der Waals surface area contributed by atoms with Crippen LogP contribution in [0.2, 0.25) is 25.7 Å². The van der Waals surface area contributed by atoms with E-state index >= 15 is 4.39 Å². The van der Waals surface area contributed by atoms with Crippen molar-refractivity contribution >= 4 is 60.2 Å². The number of fused-ring (bicyclic) bond motifs is 2. The molecule has 0 aliphatic carbocycles. The number of carbonyl (C=O) groups excluding carboxylic acids is 4. The standard InChI is InChI=1S/C46H53FN8O7Si/c1-50-16-7-11-37(50)40-24-31-27-48-41(26-39(31)55(40)46(60)61)49-43(57)34-13-12-32(25-36(34)47)52-20-18-51(19-21-52)17-6-9-30-8-5-10-33-35(30)28-53(44(33)58)38-14-15-42(56)54(45(38)59)29-62-22-23-63(2,3)4/h5,8,10,12-13,24-27,37-38H,7,11,14-23,28-29H2,1-4H3,(H,60,61)(H,48,49,57)/t37-,38?/m1/s1. The van der Waals surface area contributed by atoms with Crippen molar-refractivity contribution in [2.45, 2.75) is 70.0 Å². The number of halogens is 1. The number of likely N-dealkylation sites (tertiary alicyclic amines) is 2. The predicted molar refractivity (Wildman–Crippen MR) is 238 cm³/mol. The molecule has 17 heteroatoms. The van der Waals surface area contributed by atoms with Crippen molar-refractivity contribution in [1.82, 2.24) is 29.2 Å². The van der Waals surface area contributed by atoms with E-state index in [1.54, 1.807) is 23.1 Å². The number of anilines is 2. The summed E-state index contributed by atoms with van der Waals surface area (Å²) in [6.07, 6.45) is 2.63. The number of aromatic nitrogens is 2. The summed E-state index contributed by atoms with van der Waals surface area (Å²) in [6, 6.07) is 13.4. The summed E-state index contributed by atoms with van der Waals surface area (Å²) in [5, 5.41) is 13.4. The number of rotatable bonds is 11. The molecule has 330 valence electrons. The Kier molecular flexibility index (Phi) is 12.5. The number of hydrogen-bond acceptors (Lipinski definition) is 10. The molecule has 0 radical (unpaired) electrons. The molecule has 63 heavy (non-hydrogen) atoms. The van der Waals surface area contributed by atoms with Crippen molar-refractivity contribution < 1.29 is 38.2 Å². The Morgan fingerprint density at radius 2 is 1.79 bits per heavy atom. The SMILES string of the molecule is CN1CCC[C@@H]1c1cc2cnc(NC(=O)c3ccc(N4CCN(CC#Cc5cccc6c5CN(C5CCC(=O)N(COCC[Si](C)(C)C)C5=O)C6=O)CC4)cc3F)cc2n1C(=O)O. The summed E-state index contributed by atoms with van der Waals surface area (Å²) in [5.41, 5.74) is 3.54. The first-order chi connectivity index (χ1) is 30.2. The fraction of sp³-hybridized carbons (Fsp3) is 0.435. The molecular formula is C46H53FN8O7Si. The third-order valence-electron chi connectivity index (χ3n) is 12.5. The Hall–Kier alpha value is -5.93. The van der Waals surface area contributed by atoms with Crippen LogP contribution in [0.5, 0.6) is 0 Å². The van der Waals surface area contributed by atoms with Gasteiger partial charge in [-0.1, -0.05) is 37.5 Å². The Bertz CT molecular complexity index is 2540. The van der Waals surface area contributed by atoms with Crippen molar-refractivity contribution in [2.24, 2.45) is 0 Å². The van der Waals surface area contributed by atoms with Crippen LogP contribution in [0.25, 0.3) is 10.9 Å². The minimum Gasteiger partial charge on any atom is -0.464 e. The van der Waals surface area contributed by atoms with Gasteiger partial charge in [-0.3, -0.25) is 33.9 Å². The zero-order chi connectivity index (χ0) is 44.6. The number of nitrogens with one attached hydrogen (secondary N) is 1. The summed E-state index contributed by atoms with van der Waals surface area (Å²) < 4.78 is 22.5. The number of piperazine rings is 1. The number of ether oxygens (including phenoxy) is 1. The first kappa shape index (κ1) is 43.7. The lowest BCUT2D eigenvalue weighted by Gasteiger charge is -2.35. The largest absolute Gasteiger partial charge is 0.464 e. The third-order valence-corrected chi connectivity index (χ3v) is 14.2. The molecule has 3 saturated heterocycles. The van der Waals surface area contributed by atoms with E-state index in [0.717, 1.165) is 41.5 Å². The first-order valence-electron chi connectivity index (χ1n) is 21.5. The van der Waals surface area contributed by atoms with E-state index in [0.29, 0.717) is 67.2 Å². The van der Waals surface area contributed by atoms with Crippen molar-refractivity contribution in [2.75, 3.05) is 69.9 Å². The molecule has 6 heterocycles. The van der Waals surface area contributed by atoms with E-state index in [1.165, 1.54) is 29.0 Å². The number of carboxylic acid groups (broad SMARTS) is 1. The average Bonchev–Trinajstić information content (AvgIpc) is 3.95. The molecule has 4 aliphatic rings. The topological polar surface area (TPSA) is 161 Å². The van der Waals surface area contributed by atoms with Crippen molar-refractivity contribution in [3.05, 3.63) is 88.5 Å². The van der Waals surface area contributed by atoms with Gasteiger partial charge in [-0.25, -0.2) is 18.7 Å². The van der Waals surface area contributed by atoms with Crippen LogP contribution >= 0.6 is 0 Å². The highest BCUT2D eigenvalue weighted by atomic mass is 28.3. The van der Waals surface area contributed by atoms with E-state index in [9.17, 15) is 29.1 Å². The monoisotopic (exact) mass is 876 g/mol. The van der Waals surface area contributed by atoms with Crippen LogP contribution in [0, 0.1) is 17.7 Å². The number of carbonyl (C=O) groups is 5. The number of nitrogens with zero attached hydrogens (tertiary/aromatic N) is 7. The van der Waals surface area contributed by atoms with Gasteiger partial charge in [-0.05, 0) is 80.9 Å². The fourth-order valence-electron chi connectivity index (χ4n) is 8.92. The maximum absolute atomic E-state index is 15.5. The van der Waals surface area contributed by atoms with Gasteiger partial charge in [0.15, 0.2) is 0 Å². The smallest absolute Gasteiger partial charge is 0.416 e. The Balaban J connectivity index is 0.850. The summed E-state index contributed by atoms with van der Waals surface area (Å²) in [6.45, 7) is 11.2. The van der Waals surface area contributed by atoms with E-state index < -0.39 is 37.8 Å². The summed E-state index contributed by atoms with van der Waals surface area (Å²) in [7, 11) is 0.627. The molecule has 0 saturated carbocycles. The van der Waals surface area contributed by atoms with Crippen molar-refractivity contribution in [1.29, 1.82) is 0 Å². The molecule has 4 aromatic rings. The van der Waals surface area contributed by atoms with Crippen LogP contribution in [0.15, 0.2) is 54.7 Å². The molecule has 4 aliphatic heterocycles. The van der Waals surface area contributed by atoms with E-state index in [-0.39, 0.29) is 55.4 Å². The lowest BCUT2D eigenvalue weighted by molar-refractivity contribution is -0.158. The minimum absolute atomic E-state index is 0.0422. The first-order valence-corrected chi connectivity index (χ1v) is 25.2. The number of piperidine rings is 1. The number of imide groups is 1. The summed E-state index contributed by atoms with van der Waals surface area (Å²) in [4.78, 5) is 78.8. The van der Waals surface area contributed by atoms with Crippen LogP contribution in [0.4, 0.5) is 20.7 Å². The molecular weight excluding hydrogens is 824 g/mol. The van der Waals surface area contributed by atoms with Gasteiger partial charge in [0, 0.05) is 94.0 Å². The zero-order valence-corrected chi connectivity index (χ0v) is 37.2. The van der Waals surface area contributed by atoms with Gasteiger partial charge >= 0.3 is 6.09 Å². The molecule has 0 spiro atoms. The second-order valence-corrected chi connectivity index (χ2v) is 23.6. The number of benzene rings is 2. The molecule has 2 aromatic carbocycles. The predicted octanol–water partition coefficient (Wildman–Crippen LogP) is 5.68. The van der Waals surface area contributed by atoms with Gasteiger partial charge in [0.25, 0.3) is 17.7 Å². The van der Waals surface area contributed by atoms with E-state index in [2.05, 4.69) is 56.5 Å². The quantitative estimate of drug-likeness (QED) is 0.0826. The van der Waals surface area contributed by atoms with Crippen molar-refractivity contribution in [3.63, 3.8) is 0 Å². The average molecular weight is 877 g/mol. The van der Waals surface area contributed by atoms with Crippen LogP contribution in [0.1, 0.15) is 69.3 Å². The van der Waals surface area contributed by atoms with Crippen molar-refractivity contribution in [3.8, 4) is 11.8 Å². The fourth-order valence-corrected chi connectivity index (χ4v) is 9.67. The van der Waals surface area contributed by atoms with Gasteiger partial charge < -0.3 is 25.0 Å². The van der Waals surface area contributed by atoms with Gasteiger partial charge in [0.2, 0.25) is 5.91 Å². The van der Waals surface area contributed by atoms with Crippen LogP contribution in [0.3, 0.4) is 0 Å². The Morgan fingerprint density at radius 3 is 2.51 bits per heavy atom. The molecule has 0 bridgehead atoms. The highest BCUT2D eigenvalue weighted by Crippen LogP contribution is 2.35. The maximum atomic E-state index is 15.5. The van der Waals surface area contributed by atoms with Gasteiger partial charge in [-0.2, -0.15) is 0 Å². The summed E-state index contributed by atoms with van der Waals surface area (Å²) >= 11 is 0. The van der Waals surface area contributed by atoms with Gasteiger partial charge in [0.05, 0.1) is 23.7 Å². The minimum atomic E-state index is -1.34. The molecule has 2 aromatic heterocycles. The molecule has 1 unspecified atom stereocenters. The highest BCUT2D eigenvalue weighted by molar-refractivity contribution is 6.76. The van der Waals surface area contributed by atoms with Crippen LogP contribution in [-0.2, 0) is 20.9 Å². The number of hydrogen-bond donors (Lipinski definition) is 2. The van der Waals surface area contributed by atoms with Crippen LogP contribution in [-0.4, -0.2) is 138 Å². The maximum Gasteiger partial charge on any atom is 0.416 e. The molecule has 15 nitrogen and oxygen atoms in total. The summed E-state index contributed by atoms with van der Waals surface area (Å²) in [5.74, 6) is 4.31. The van der Waals surface area contributed by atoms with Gasteiger partial charge in [0.1, 0.15) is 24.4 Å². The molecule has 2 atom stereocenters. The second-order valence-electron chi connectivity index (χ2n) is 18.0. The molecule has 2 N–H and O–H groups in total. The molecule has 8 rings (SSSR count). The Labute approximate surface area is 366 Å². The lowest BCUT2D eigenvalue weighted by atomic mass is 10.0. The van der Waals surface area contributed by atoms with E-state index in [4.69, 9.17) is 4.74 Å². The zero-order valence-electron chi connectivity index (χ0n) is 36.2. The molecule has 4 amide bonds. The normalized spacial score (nSPS) is 19.8. The lowest BCUT2D eigenvalue weighted by Crippen LogP contribution is -2.55. The second kappa shape index (κ2) is 18.0. The molecule has 3 fully saturated rings. The highest BCUT2D eigenvalue weighted by Gasteiger charge is 2.43. The van der Waals surface area contributed by atoms with Crippen LogP contribution < -0.4 is 10.2 Å². The number of amides is 4. The third kappa shape index (κ3) is 9.26. The van der Waals surface area contributed by atoms with Gasteiger partial charge in [-0.15, -0.1) is 0 Å².